The van der Waals surface area contributed by atoms with Gasteiger partial charge in [0, 0.05) is 37.4 Å². The third-order valence-corrected chi connectivity index (χ3v) is 5.47. The van der Waals surface area contributed by atoms with Gasteiger partial charge in [-0.25, -0.2) is 4.98 Å². The van der Waals surface area contributed by atoms with E-state index in [9.17, 15) is 9.59 Å². The molecule has 4 heterocycles. The van der Waals surface area contributed by atoms with E-state index in [1.165, 1.54) is 6.33 Å². The van der Waals surface area contributed by atoms with E-state index in [4.69, 9.17) is 9.15 Å². The highest BCUT2D eigenvalue weighted by molar-refractivity contribution is 5.95. The molecule has 31 heavy (non-hydrogen) atoms. The van der Waals surface area contributed by atoms with Crippen LogP contribution in [0.5, 0.6) is 0 Å². The number of fused-ring (bicyclic) bond motifs is 1. The maximum absolute atomic E-state index is 12.9. The summed E-state index contributed by atoms with van der Waals surface area (Å²) in [4.78, 5) is 37.8. The lowest BCUT2D eigenvalue weighted by molar-refractivity contribution is -0.142. The van der Waals surface area contributed by atoms with E-state index < -0.39 is 0 Å². The molecule has 1 saturated heterocycles. The number of hydrogen-bond acceptors (Lipinski definition) is 8. The Hall–Kier alpha value is -3.43. The molecule has 1 fully saturated rings. The highest BCUT2D eigenvalue weighted by Gasteiger charge is 2.28. The van der Waals surface area contributed by atoms with Crippen molar-refractivity contribution in [2.24, 2.45) is 0 Å². The minimum Gasteiger partial charge on any atom is -0.466 e. The number of esters is 1. The zero-order valence-corrected chi connectivity index (χ0v) is 18.2. The molecular formula is C21H26N6O4. The maximum Gasteiger partial charge on any atom is 0.310 e. The van der Waals surface area contributed by atoms with Crippen LogP contribution >= 0.6 is 0 Å². The summed E-state index contributed by atoms with van der Waals surface area (Å²) in [6, 6.07) is 1.78. The molecule has 0 bridgehead atoms. The van der Waals surface area contributed by atoms with E-state index in [2.05, 4.69) is 20.0 Å². The van der Waals surface area contributed by atoms with Crippen molar-refractivity contribution in [2.75, 3.05) is 37.7 Å². The number of carbonyl (C=O) groups excluding carboxylic acids is 2. The third-order valence-electron chi connectivity index (χ3n) is 5.47. The summed E-state index contributed by atoms with van der Waals surface area (Å²) in [6.07, 6.45) is 1.55. The summed E-state index contributed by atoms with van der Waals surface area (Å²) < 4.78 is 12.3. The lowest BCUT2D eigenvalue weighted by Gasteiger charge is -2.36. The van der Waals surface area contributed by atoms with Crippen LogP contribution in [-0.4, -0.2) is 69.1 Å². The van der Waals surface area contributed by atoms with Crippen molar-refractivity contribution in [3.05, 3.63) is 40.7 Å². The van der Waals surface area contributed by atoms with E-state index in [1.807, 2.05) is 18.7 Å². The fourth-order valence-corrected chi connectivity index (χ4v) is 3.99. The van der Waals surface area contributed by atoms with Crippen LogP contribution in [0.1, 0.15) is 40.1 Å². The number of ether oxygens (including phenoxy) is 1. The van der Waals surface area contributed by atoms with Crippen molar-refractivity contribution in [2.45, 2.75) is 34.1 Å². The van der Waals surface area contributed by atoms with Gasteiger partial charge in [-0.3, -0.25) is 9.59 Å². The molecule has 1 aliphatic rings. The molecule has 10 heteroatoms. The van der Waals surface area contributed by atoms with Crippen LogP contribution in [0.4, 0.5) is 5.82 Å². The Morgan fingerprint density at radius 1 is 1.16 bits per heavy atom. The first kappa shape index (κ1) is 20.8. The molecule has 164 valence electrons. The smallest absolute Gasteiger partial charge is 0.310 e. The molecule has 1 amide bonds. The second-order valence-electron chi connectivity index (χ2n) is 7.56. The van der Waals surface area contributed by atoms with Gasteiger partial charge >= 0.3 is 5.97 Å². The van der Waals surface area contributed by atoms with Crippen molar-refractivity contribution >= 4 is 23.5 Å². The van der Waals surface area contributed by atoms with Gasteiger partial charge in [-0.05, 0) is 33.8 Å². The Morgan fingerprint density at radius 3 is 2.55 bits per heavy atom. The average molecular weight is 426 g/mol. The van der Waals surface area contributed by atoms with E-state index >= 15 is 0 Å². The van der Waals surface area contributed by atoms with Crippen LogP contribution in [0.3, 0.4) is 0 Å². The van der Waals surface area contributed by atoms with E-state index in [1.54, 1.807) is 24.4 Å². The predicted molar refractivity (Wildman–Crippen MR) is 112 cm³/mol. The number of furan rings is 1. The summed E-state index contributed by atoms with van der Waals surface area (Å²) >= 11 is 0. The number of amides is 1. The number of piperazine rings is 1. The second kappa shape index (κ2) is 8.37. The molecule has 1 aliphatic heterocycles. The monoisotopic (exact) mass is 426 g/mol. The number of rotatable bonds is 5. The number of aryl methyl sites for hydroxylation is 3. The number of nitrogens with zero attached hydrogens (tertiary/aromatic N) is 6. The van der Waals surface area contributed by atoms with Crippen molar-refractivity contribution in [3.63, 3.8) is 0 Å². The number of anilines is 1. The molecule has 0 spiro atoms. The molecule has 0 aliphatic carbocycles. The first-order valence-corrected chi connectivity index (χ1v) is 10.3. The molecule has 0 saturated carbocycles. The van der Waals surface area contributed by atoms with Crippen LogP contribution in [0.15, 0.2) is 16.8 Å². The lowest BCUT2D eigenvalue weighted by Crippen LogP contribution is -2.49. The number of carbonyl (C=O) groups is 2. The molecule has 0 aromatic carbocycles. The Labute approximate surface area is 179 Å². The van der Waals surface area contributed by atoms with Crippen LogP contribution in [0.2, 0.25) is 0 Å². The third kappa shape index (κ3) is 3.97. The summed E-state index contributed by atoms with van der Waals surface area (Å²) in [6.45, 7) is 9.87. The van der Waals surface area contributed by atoms with Gasteiger partial charge in [-0.15, -0.1) is 0 Å². The van der Waals surface area contributed by atoms with Gasteiger partial charge in [0.05, 0.1) is 18.6 Å². The fraction of sp³-hybridized carbons (Fsp3) is 0.476. The Kier molecular flexibility index (Phi) is 5.62. The summed E-state index contributed by atoms with van der Waals surface area (Å²) in [5.41, 5.74) is 2.08. The SMILES string of the molecule is CCOC(=O)Cc1c(C)nc2ncnn2c1N1CCN(C(=O)c2cc(C)oc2C)CC1. The normalized spacial score (nSPS) is 14.3. The summed E-state index contributed by atoms with van der Waals surface area (Å²) in [7, 11) is 0. The molecule has 0 unspecified atom stereocenters. The van der Waals surface area contributed by atoms with Gasteiger partial charge < -0.3 is 19.0 Å². The van der Waals surface area contributed by atoms with Crippen molar-refractivity contribution in [1.29, 1.82) is 0 Å². The van der Waals surface area contributed by atoms with E-state index in [-0.39, 0.29) is 18.3 Å². The molecule has 0 atom stereocenters. The Balaban J connectivity index is 1.59. The van der Waals surface area contributed by atoms with Gasteiger partial charge in [0.25, 0.3) is 11.7 Å². The second-order valence-corrected chi connectivity index (χ2v) is 7.56. The molecule has 3 aromatic rings. The first-order valence-electron chi connectivity index (χ1n) is 10.3. The first-order chi connectivity index (χ1) is 14.9. The molecule has 4 rings (SSSR count). The van der Waals surface area contributed by atoms with Gasteiger partial charge in [-0.1, -0.05) is 0 Å². The maximum atomic E-state index is 12.9. The van der Waals surface area contributed by atoms with E-state index in [0.29, 0.717) is 55.6 Å². The minimum absolute atomic E-state index is 0.0300. The Bertz CT molecular complexity index is 1130. The Morgan fingerprint density at radius 2 is 1.90 bits per heavy atom. The highest BCUT2D eigenvalue weighted by atomic mass is 16.5. The zero-order chi connectivity index (χ0) is 22.1. The van der Waals surface area contributed by atoms with Crippen molar-refractivity contribution < 1.29 is 18.7 Å². The van der Waals surface area contributed by atoms with Crippen molar-refractivity contribution in [1.82, 2.24) is 24.5 Å². The lowest BCUT2D eigenvalue weighted by atomic mass is 10.1. The van der Waals surface area contributed by atoms with Gasteiger partial charge in [-0.2, -0.15) is 14.6 Å². The predicted octanol–water partition coefficient (Wildman–Crippen LogP) is 1.71. The van der Waals surface area contributed by atoms with Crippen LogP contribution in [0, 0.1) is 20.8 Å². The molecule has 0 N–H and O–H groups in total. The van der Waals surface area contributed by atoms with Gasteiger partial charge in [0.15, 0.2) is 0 Å². The largest absolute Gasteiger partial charge is 0.466 e. The van der Waals surface area contributed by atoms with Gasteiger partial charge in [0.1, 0.15) is 23.7 Å². The van der Waals surface area contributed by atoms with Crippen LogP contribution < -0.4 is 4.90 Å². The number of hydrogen-bond donors (Lipinski definition) is 0. The molecule has 0 radical (unpaired) electrons. The zero-order valence-electron chi connectivity index (χ0n) is 18.2. The highest BCUT2D eigenvalue weighted by Crippen LogP contribution is 2.26. The van der Waals surface area contributed by atoms with Gasteiger partial charge in [0.2, 0.25) is 0 Å². The standard InChI is InChI=1S/C21H26N6O4/c1-5-30-18(28)11-16-14(3)24-21-22-12-23-27(21)19(16)25-6-8-26(9-7-25)20(29)17-10-13(2)31-15(17)4/h10,12H,5-9,11H2,1-4H3. The topological polar surface area (TPSA) is 106 Å². The van der Waals surface area contributed by atoms with Crippen molar-refractivity contribution in [3.8, 4) is 0 Å². The fourth-order valence-electron chi connectivity index (χ4n) is 3.99. The quantitative estimate of drug-likeness (QED) is 0.568. The average Bonchev–Trinajstić information content (AvgIpc) is 3.33. The molecule has 3 aromatic heterocycles. The van der Waals surface area contributed by atoms with Crippen LogP contribution in [0.25, 0.3) is 5.78 Å². The minimum atomic E-state index is -0.312. The molecular weight excluding hydrogens is 400 g/mol. The van der Waals surface area contributed by atoms with E-state index in [0.717, 1.165) is 17.1 Å². The number of aromatic nitrogens is 4. The summed E-state index contributed by atoms with van der Waals surface area (Å²) in [5, 5.41) is 4.32. The van der Waals surface area contributed by atoms with Crippen LogP contribution in [-0.2, 0) is 16.0 Å². The molecule has 10 nitrogen and oxygen atoms in total. The summed E-state index contributed by atoms with van der Waals surface area (Å²) in [5.74, 6) is 2.27.